The third-order valence-corrected chi connectivity index (χ3v) is 6.82. The molecule has 0 aliphatic heterocycles. The molecule has 8 heteroatoms. The van der Waals surface area contributed by atoms with Crippen molar-refractivity contribution in [3.63, 3.8) is 0 Å². The lowest BCUT2D eigenvalue weighted by atomic mass is 10.1. The number of thioether (sulfide) groups is 1. The van der Waals surface area contributed by atoms with E-state index in [0.717, 1.165) is 15.6 Å². The molecule has 2 amide bonds. The van der Waals surface area contributed by atoms with E-state index in [1.165, 1.54) is 11.8 Å². The Morgan fingerprint density at radius 2 is 1.71 bits per heavy atom. The maximum Gasteiger partial charge on any atom is 0.243 e. The van der Waals surface area contributed by atoms with E-state index < -0.39 is 6.04 Å². The third-order valence-electron chi connectivity index (χ3n) is 4.56. The Morgan fingerprint density at radius 3 is 2.29 bits per heavy atom. The molecule has 2 aromatic carbocycles. The van der Waals surface area contributed by atoms with Crippen LogP contribution in [0.5, 0.6) is 0 Å². The Balaban J connectivity index is 2.15. The highest BCUT2D eigenvalue weighted by Gasteiger charge is 2.29. The van der Waals surface area contributed by atoms with E-state index in [-0.39, 0.29) is 23.6 Å². The van der Waals surface area contributed by atoms with E-state index in [4.69, 9.17) is 23.2 Å². The van der Waals surface area contributed by atoms with Gasteiger partial charge in [0.1, 0.15) is 6.04 Å². The minimum Gasteiger partial charge on any atom is -0.352 e. The van der Waals surface area contributed by atoms with Crippen LogP contribution in [-0.4, -0.2) is 34.6 Å². The van der Waals surface area contributed by atoms with E-state index in [9.17, 15) is 9.59 Å². The fraction of sp³-hybridized carbons (Fsp3) is 0.391. The zero-order valence-electron chi connectivity index (χ0n) is 17.8. The molecule has 168 valence electrons. The van der Waals surface area contributed by atoms with Crippen molar-refractivity contribution in [3.8, 4) is 0 Å². The highest BCUT2D eigenvalue weighted by Crippen LogP contribution is 2.25. The summed E-state index contributed by atoms with van der Waals surface area (Å²) in [6.07, 6.45) is 0.517. The lowest BCUT2D eigenvalue weighted by Crippen LogP contribution is -2.50. The maximum atomic E-state index is 13.2. The molecule has 1 unspecified atom stereocenters. The van der Waals surface area contributed by atoms with Crippen LogP contribution in [0.25, 0.3) is 0 Å². The zero-order chi connectivity index (χ0) is 23.0. The summed E-state index contributed by atoms with van der Waals surface area (Å²) in [5.41, 5.74) is 1.97. The van der Waals surface area contributed by atoms with Gasteiger partial charge in [0, 0.05) is 22.8 Å². The second-order valence-corrected chi connectivity index (χ2v) is 10.2. The summed E-state index contributed by atoms with van der Waals surface area (Å²) in [6, 6.07) is 12.7. The first-order valence-electron chi connectivity index (χ1n) is 10.1. The molecule has 0 spiro atoms. The molecule has 0 fully saturated rings. The summed E-state index contributed by atoms with van der Waals surface area (Å²) in [7, 11) is 0. The van der Waals surface area contributed by atoms with Crippen LogP contribution >= 0.6 is 50.9 Å². The Kier molecular flexibility index (Phi) is 10.7. The van der Waals surface area contributed by atoms with Crippen molar-refractivity contribution in [2.45, 2.75) is 51.6 Å². The number of carbonyl (C=O) groups excluding carboxylic acids is 2. The van der Waals surface area contributed by atoms with Gasteiger partial charge in [0.25, 0.3) is 0 Å². The lowest BCUT2D eigenvalue weighted by molar-refractivity contribution is -0.139. The van der Waals surface area contributed by atoms with Crippen LogP contribution < -0.4 is 5.32 Å². The second kappa shape index (κ2) is 12.7. The van der Waals surface area contributed by atoms with Crippen molar-refractivity contribution in [2.75, 3.05) is 5.75 Å². The van der Waals surface area contributed by atoms with Gasteiger partial charge in [-0.25, -0.2) is 0 Å². The molecule has 0 saturated heterocycles. The Bertz CT molecular complexity index is 894. The van der Waals surface area contributed by atoms with Gasteiger partial charge >= 0.3 is 0 Å². The number of rotatable bonds is 10. The SMILES string of the molecule is CCC(C(=O)NC(C)C)N(Cc1ccc(Cl)c(Cl)c1)C(=O)CSCc1ccc(Br)cc1. The number of carbonyl (C=O) groups is 2. The van der Waals surface area contributed by atoms with Gasteiger partial charge in [-0.1, -0.05) is 64.3 Å². The predicted molar refractivity (Wildman–Crippen MR) is 135 cm³/mol. The highest BCUT2D eigenvalue weighted by molar-refractivity contribution is 9.10. The normalized spacial score (nSPS) is 12.0. The number of halogens is 3. The third kappa shape index (κ3) is 8.33. The molecule has 0 aliphatic carbocycles. The van der Waals surface area contributed by atoms with Crippen LogP contribution in [-0.2, 0) is 21.9 Å². The predicted octanol–water partition coefficient (Wildman–Crippen LogP) is 6.32. The molecule has 0 aromatic heterocycles. The fourth-order valence-corrected chi connectivity index (χ4v) is 4.51. The molecule has 0 radical (unpaired) electrons. The van der Waals surface area contributed by atoms with E-state index >= 15 is 0 Å². The highest BCUT2D eigenvalue weighted by atomic mass is 79.9. The van der Waals surface area contributed by atoms with Crippen molar-refractivity contribution in [2.24, 2.45) is 0 Å². The quantitative estimate of drug-likeness (QED) is 0.380. The average molecular weight is 546 g/mol. The lowest BCUT2D eigenvalue weighted by Gasteiger charge is -2.31. The first kappa shape index (κ1) is 26.0. The Labute approximate surface area is 207 Å². The first-order chi connectivity index (χ1) is 14.7. The number of nitrogens with one attached hydrogen (secondary N) is 1. The molecular weight excluding hydrogens is 519 g/mol. The standard InChI is InChI=1S/C23H27BrCl2N2O2S/c1-4-21(23(30)27-15(2)3)28(12-17-7-10-19(25)20(26)11-17)22(29)14-31-13-16-5-8-18(24)9-6-16/h5-11,15,21H,4,12-14H2,1-3H3,(H,27,30). The molecule has 1 atom stereocenters. The van der Waals surface area contributed by atoms with Gasteiger partial charge < -0.3 is 10.2 Å². The molecule has 31 heavy (non-hydrogen) atoms. The van der Waals surface area contributed by atoms with Crippen molar-refractivity contribution in [3.05, 3.63) is 68.1 Å². The maximum absolute atomic E-state index is 13.2. The molecule has 0 saturated carbocycles. The summed E-state index contributed by atoms with van der Waals surface area (Å²) < 4.78 is 1.02. The molecule has 1 N–H and O–H groups in total. The summed E-state index contributed by atoms with van der Waals surface area (Å²) in [4.78, 5) is 27.6. The van der Waals surface area contributed by atoms with Gasteiger partial charge in [-0.3, -0.25) is 9.59 Å². The number of amides is 2. The van der Waals surface area contributed by atoms with Crippen molar-refractivity contribution >= 4 is 62.7 Å². The number of hydrogen-bond donors (Lipinski definition) is 1. The van der Waals surface area contributed by atoms with Gasteiger partial charge in [0.2, 0.25) is 11.8 Å². The van der Waals surface area contributed by atoms with Gasteiger partial charge in [0.15, 0.2) is 0 Å². The topological polar surface area (TPSA) is 49.4 Å². The first-order valence-corrected chi connectivity index (χ1v) is 12.8. The van der Waals surface area contributed by atoms with Crippen LogP contribution in [0.1, 0.15) is 38.3 Å². The van der Waals surface area contributed by atoms with E-state index in [1.807, 2.05) is 51.1 Å². The van der Waals surface area contributed by atoms with Crippen LogP contribution in [0.15, 0.2) is 46.9 Å². The monoisotopic (exact) mass is 544 g/mol. The second-order valence-electron chi connectivity index (χ2n) is 7.48. The zero-order valence-corrected chi connectivity index (χ0v) is 21.7. The largest absolute Gasteiger partial charge is 0.352 e. The average Bonchev–Trinajstić information content (AvgIpc) is 2.71. The van der Waals surface area contributed by atoms with Gasteiger partial charge in [-0.2, -0.15) is 0 Å². The Morgan fingerprint density at radius 1 is 1.06 bits per heavy atom. The van der Waals surface area contributed by atoms with Crippen molar-refractivity contribution < 1.29 is 9.59 Å². The van der Waals surface area contributed by atoms with Crippen LogP contribution in [0.4, 0.5) is 0 Å². The van der Waals surface area contributed by atoms with Crippen molar-refractivity contribution in [1.82, 2.24) is 10.2 Å². The fourth-order valence-electron chi connectivity index (χ4n) is 3.05. The molecule has 4 nitrogen and oxygen atoms in total. The summed E-state index contributed by atoms with van der Waals surface area (Å²) >= 11 is 17.2. The van der Waals surface area contributed by atoms with Crippen LogP contribution in [0, 0.1) is 0 Å². The summed E-state index contributed by atoms with van der Waals surface area (Å²) in [5, 5.41) is 3.81. The summed E-state index contributed by atoms with van der Waals surface area (Å²) in [5.74, 6) is 0.764. The smallest absolute Gasteiger partial charge is 0.243 e. The molecule has 0 bridgehead atoms. The van der Waals surface area contributed by atoms with Gasteiger partial charge in [-0.05, 0) is 55.7 Å². The molecule has 2 rings (SSSR count). The van der Waals surface area contributed by atoms with E-state index in [2.05, 4.69) is 21.2 Å². The van der Waals surface area contributed by atoms with Crippen LogP contribution in [0.3, 0.4) is 0 Å². The summed E-state index contributed by atoms with van der Waals surface area (Å²) in [6.45, 7) is 6.01. The van der Waals surface area contributed by atoms with Crippen molar-refractivity contribution in [1.29, 1.82) is 0 Å². The number of nitrogens with zero attached hydrogens (tertiary/aromatic N) is 1. The molecule has 0 heterocycles. The minimum absolute atomic E-state index is 0.00439. The van der Waals surface area contributed by atoms with E-state index in [0.29, 0.717) is 28.8 Å². The number of hydrogen-bond acceptors (Lipinski definition) is 3. The van der Waals surface area contributed by atoms with Crippen LogP contribution in [0.2, 0.25) is 10.0 Å². The molecular formula is C23H27BrCl2N2O2S. The van der Waals surface area contributed by atoms with E-state index in [1.54, 1.807) is 17.0 Å². The minimum atomic E-state index is -0.558. The van der Waals surface area contributed by atoms with Gasteiger partial charge in [-0.15, -0.1) is 11.8 Å². The Hall–Kier alpha value is -1.21. The molecule has 2 aromatic rings. The molecule has 0 aliphatic rings. The number of benzene rings is 2. The van der Waals surface area contributed by atoms with Gasteiger partial charge in [0.05, 0.1) is 15.8 Å².